The smallest absolute Gasteiger partial charge is 0.226 e. The third-order valence-electron chi connectivity index (χ3n) is 3.64. The largest absolute Gasteiger partial charge is 0.472 e. The second kappa shape index (κ2) is 6.18. The van der Waals surface area contributed by atoms with Gasteiger partial charge in [-0.15, -0.1) is 11.3 Å². The molecule has 0 aliphatic heterocycles. The van der Waals surface area contributed by atoms with Crippen LogP contribution in [0, 0.1) is 0 Å². The fraction of sp³-hybridized carbons (Fsp3) is 0.0526. The molecule has 2 aromatic heterocycles. The minimum absolute atomic E-state index is 0.497. The van der Waals surface area contributed by atoms with Crippen molar-refractivity contribution in [2.75, 3.05) is 0 Å². The minimum atomic E-state index is 0.497. The third-order valence-corrected chi connectivity index (χ3v) is 4.52. The maximum Gasteiger partial charge on any atom is 0.226 e. The van der Waals surface area contributed by atoms with Crippen LogP contribution in [0.2, 0.25) is 0 Å². The molecule has 0 bridgehead atoms. The summed E-state index contributed by atoms with van der Waals surface area (Å²) in [7, 11) is 0. The Morgan fingerprint density at radius 3 is 2.39 bits per heavy atom. The molecule has 4 rings (SSSR count). The van der Waals surface area contributed by atoms with E-state index >= 15 is 0 Å². The van der Waals surface area contributed by atoms with Crippen molar-refractivity contribution in [2.45, 2.75) is 6.61 Å². The molecule has 0 aliphatic rings. The second-order valence-electron chi connectivity index (χ2n) is 5.15. The first-order valence-corrected chi connectivity index (χ1v) is 8.24. The SMILES string of the molecule is c1ccc(COc2ncnc3scc(-c4ccccc4)c23)cc1. The highest BCUT2D eigenvalue weighted by atomic mass is 32.1. The van der Waals surface area contributed by atoms with Gasteiger partial charge in [0.05, 0.1) is 5.39 Å². The van der Waals surface area contributed by atoms with E-state index in [4.69, 9.17) is 4.74 Å². The maximum atomic E-state index is 5.98. The van der Waals surface area contributed by atoms with Crippen LogP contribution in [0.4, 0.5) is 0 Å². The molecule has 4 heteroatoms. The van der Waals surface area contributed by atoms with Gasteiger partial charge in [-0.3, -0.25) is 0 Å². The molecule has 0 saturated heterocycles. The number of thiophene rings is 1. The Morgan fingerprint density at radius 2 is 1.61 bits per heavy atom. The highest BCUT2D eigenvalue weighted by Gasteiger charge is 2.14. The van der Waals surface area contributed by atoms with Crippen molar-refractivity contribution in [1.29, 1.82) is 0 Å². The molecule has 0 fully saturated rings. The van der Waals surface area contributed by atoms with E-state index in [0.29, 0.717) is 12.5 Å². The Kier molecular flexibility index (Phi) is 3.74. The van der Waals surface area contributed by atoms with Crippen LogP contribution >= 0.6 is 11.3 Å². The molecule has 0 aliphatic carbocycles. The second-order valence-corrected chi connectivity index (χ2v) is 6.01. The minimum Gasteiger partial charge on any atom is -0.472 e. The first kappa shape index (κ1) is 13.9. The van der Waals surface area contributed by atoms with Crippen molar-refractivity contribution in [3.63, 3.8) is 0 Å². The fourth-order valence-corrected chi connectivity index (χ4v) is 3.42. The zero-order valence-corrected chi connectivity index (χ0v) is 13.2. The molecule has 0 saturated carbocycles. The molecule has 112 valence electrons. The normalized spacial score (nSPS) is 10.8. The van der Waals surface area contributed by atoms with Crippen LogP contribution in [0.5, 0.6) is 5.88 Å². The first-order chi connectivity index (χ1) is 11.4. The zero-order valence-electron chi connectivity index (χ0n) is 12.3. The Hall–Kier alpha value is -2.72. The van der Waals surface area contributed by atoms with E-state index in [1.807, 2.05) is 48.5 Å². The van der Waals surface area contributed by atoms with Gasteiger partial charge in [0.15, 0.2) is 0 Å². The van der Waals surface area contributed by atoms with Crippen molar-refractivity contribution in [2.24, 2.45) is 0 Å². The topological polar surface area (TPSA) is 35.0 Å². The van der Waals surface area contributed by atoms with E-state index in [2.05, 4.69) is 27.5 Å². The molecule has 2 aromatic carbocycles. The summed E-state index contributed by atoms with van der Waals surface area (Å²) in [6.07, 6.45) is 1.56. The average Bonchev–Trinajstić information content (AvgIpc) is 3.06. The molecule has 0 N–H and O–H groups in total. The summed E-state index contributed by atoms with van der Waals surface area (Å²) in [6.45, 7) is 0.497. The number of benzene rings is 2. The van der Waals surface area contributed by atoms with Crippen molar-refractivity contribution in [3.8, 4) is 17.0 Å². The van der Waals surface area contributed by atoms with Crippen LogP contribution in [-0.2, 0) is 6.61 Å². The molecule has 4 aromatic rings. The van der Waals surface area contributed by atoms with Gasteiger partial charge in [-0.1, -0.05) is 60.7 Å². The lowest BCUT2D eigenvalue weighted by atomic mass is 10.1. The number of rotatable bonds is 4. The highest BCUT2D eigenvalue weighted by Crippen LogP contribution is 2.37. The number of hydrogen-bond donors (Lipinski definition) is 0. The van der Waals surface area contributed by atoms with Gasteiger partial charge in [0.2, 0.25) is 5.88 Å². The fourth-order valence-electron chi connectivity index (χ4n) is 2.51. The number of hydrogen-bond acceptors (Lipinski definition) is 4. The number of aromatic nitrogens is 2. The van der Waals surface area contributed by atoms with Gasteiger partial charge in [0, 0.05) is 10.9 Å². The quantitative estimate of drug-likeness (QED) is 0.535. The number of ether oxygens (including phenoxy) is 1. The van der Waals surface area contributed by atoms with Crippen LogP contribution in [0.15, 0.2) is 72.4 Å². The summed E-state index contributed by atoms with van der Waals surface area (Å²) in [5.41, 5.74) is 3.39. The van der Waals surface area contributed by atoms with E-state index in [0.717, 1.165) is 26.9 Å². The molecule has 0 amide bonds. The van der Waals surface area contributed by atoms with Crippen molar-refractivity contribution < 1.29 is 4.74 Å². The summed E-state index contributed by atoms with van der Waals surface area (Å²) < 4.78 is 5.98. The van der Waals surface area contributed by atoms with Gasteiger partial charge in [-0.05, 0) is 11.1 Å². The van der Waals surface area contributed by atoms with Gasteiger partial charge in [-0.25, -0.2) is 9.97 Å². The molecule has 0 unspecified atom stereocenters. The summed E-state index contributed by atoms with van der Waals surface area (Å²) in [5.74, 6) is 0.638. The van der Waals surface area contributed by atoms with E-state index < -0.39 is 0 Å². The summed E-state index contributed by atoms with van der Waals surface area (Å²) >= 11 is 1.61. The Labute approximate surface area is 138 Å². The van der Waals surface area contributed by atoms with E-state index in [1.54, 1.807) is 17.7 Å². The molecular weight excluding hydrogens is 304 g/mol. The summed E-state index contributed by atoms with van der Waals surface area (Å²) in [5, 5.41) is 3.10. The highest BCUT2D eigenvalue weighted by molar-refractivity contribution is 7.17. The van der Waals surface area contributed by atoms with Crippen LogP contribution in [0.25, 0.3) is 21.3 Å². The lowest BCUT2D eigenvalue weighted by molar-refractivity contribution is 0.298. The van der Waals surface area contributed by atoms with Crippen LogP contribution in [0.1, 0.15) is 5.56 Å². The maximum absolute atomic E-state index is 5.98. The molecule has 3 nitrogen and oxygen atoms in total. The molecular formula is C19H14N2OS. The third kappa shape index (κ3) is 2.81. The molecule has 23 heavy (non-hydrogen) atoms. The van der Waals surface area contributed by atoms with Crippen molar-refractivity contribution >= 4 is 21.6 Å². The van der Waals surface area contributed by atoms with E-state index in [9.17, 15) is 0 Å². The van der Waals surface area contributed by atoms with Gasteiger partial charge in [0.25, 0.3) is 0 Å². The Morgan fingerprint density at radius 1 is 0.870 bits per heavy atom. The van der Waals surface area contributed by atoms with E-state index in [1.165, 1.54) is 0 Å². The molecule has 0 radical (unpaired) electrons. The van der Waals surface area contributed by atoms with Crippen molar-refractivity contribution in [1.82, 2.24) is 9.97 Å². The first-order valence-electron chi connectivity index (χ1n) is 7.36. The summed E-state index contributed by atoms with van der Waals surface area (Å²) in [6, 6.07) is 20.4. The van der Waals surface area contributed by atoms with Gasteiger partial charge < -0.3 is 4.74 Å². The van der Waals surface area contributed by atoms with Gasteiger partial charge in [-0.2, -0.15) is 0 Å². The number of nitrogens with zero attached hydrogens (tertiary/aromatic N) is 2. The predicted octanol–water partition coefficient (Wildman–Crippen LogP) is 4.94. The average molecular weight is 318 g/mol. The van der Waals surface area contributed by atoms with Crippen LogP contribution < -0.4 is 4.74 Å². The lowest BCUT2D eigenvalue weighted by Gasteiger charge is -2.08. The van der Waals surface area contributed by atoms with Crippen LogP contribution in [-0.4, -0.2) is 9.97 Å². The lowest BCUT2D eigenvalue weighted by Crippen LogP contribution is -1.98. The monoisotopic (exact) mass is 318 g/mol. The van der Waals surface area contributed by atoms with Gasteiger partial charge in [0.1, 0.15) is 17.8 Å². The number of fused-ring (bicyclic) bond motifs is 1. The Balaban J connectivity index is 1.73. The van der Waals surface area contributed by atoms with E-state index in [-0.39, 0.29) is 0 Å². The standard InChI is InChI=1S/C19H14N2OS/c1-3-7-14(8-4-1)11-22-18-17-16(15-9-5-2-6-10-15)12-23-19(17)21-13-20-18/h1-10,12-13H,11H2. The molecule has 0 atom stereocenters. The molecule has 2 heterocycles. The summed E-state index contributed by atoms with van der Waals surface area (Å²) in [4.78, 5) is 9.67. The van der Waals surface area contributed by atoms with Crippen molar-refractivity contribution in [3.05, 3.63) is 77.9 Å². The predicted molar refractivity (Wildman–Crippen MR) is 93.6 cm³/mol. The zero-order chi connectivity index (χ0) is 15.5. The Bertz CT molecular complexity index is 920. The van der Waals surface area contributed by atoms with Crippen LogP contribution in [0.3, 0.4) is 0 Å². The van der Waals surface area contributed by atoms with Gasteiger partial charge >= 0.3 is 0 Å². The molecule has 0 spiro atoms.